The Balaban J connectivity index is 5.19. The van der Waals surface area contributed by atoms with Crippen molar-refractivity contribution in [2.75, 3.05) is 39.6 Å². The Morgan fingerprint density at radius 3 is 0.660 bits per heavy atom. The zero-order valence-electron chi connectivity index (χ0n) is 67.8. The number of phosphoric acid groups is 2. The zero-order chi connectivity index (χ0) is 75.8. The molecule has 0 aromatic carbocycles. The number of ether oxygens (including phenoxy) is 4. The molecular weight excluding hydrogens is 1340 g/mol. The van der Waals surface area contributed by atoms with Crippen LogP contribution < -0.4 is 0 Å². The van der Waals surface area contributed by atoms with Crippen LogP contribution in [0.2, 0.25) is 0 Å². The van der Waals surface area contributed by atoms with E-state index in [2.05, 4.69) is 48.5 Å². The molecule has 0 aliphatic rings. The van der Waals surface area contributed by atoms with Crippen molar-refractivity contribution in [3.8, 4) is 0 Å². The third-order valence-electron chi connectivity index (χ3n) is 19.6. The monoisotopic (exact) mass is 1510 g/mol. The van der Waals surface area contributed by atoms with E-state index in [4.69, 9.17) is 37.0 Å². The first-order valence-electron chi connectivity index (χ1n) is 43.3. The molecule has 3 N–H and O–H groups in total. The number of hydrogen-bond donors (Lipinski definition) is 3. The van der Waals surface area contributed by atoms with Crippen LogP contribution in [0.5, 0.6) is 0 Å². The van der Waals surface area contributed by atoms with E-state index in [0.717, 1.165) is 114 Å². The smallest absolute Gasteiger partial charge is 0.462 e. The molecule has 5 atom stereocenters. The number of rotatable bonds is 82. The highest BCUT2D eigenvalue weighted by Crippen LogP contribution is 2.45. The average molecular weight is 1510 g/mol. The number of aliphatic hydroxyl groups excluding tert-OH is 1. The summed E-state index contributed by atoms with van der Waals surface area (Å²) in [6, 6.07) is 0. The van der Waals surface area contributed by atoms with Gasteiger partial charge < -0.3 is 33.8 Å². The lowest BCUT2D eigenvalue weighted by Gasteiger charge is -2.21. The molecule has 19 heteroatoms. The van der Waals surface area contributed by atoms with Crippen molar-refractivity contribution >= 4 is 39.5 Å². The summed E-state index contributed by atoms with van der Waals surface area (Å²) in [5.41, 5.74) is 0. The van der Waals surface area contributed by atoms with Crippen LogP contribution >= 0.6 is 15.6 Å². The van der Waals surface area contributed by atoms with Crippen molar-refractivity contribution in [1.82, 2.24) is 0 Å². The number of carbonyl (C=O) groups is 4. The van der Waals surface area contributed by atoms with Crippen molar-refractivity contribution < 1.29 is 80.2 Å². The molecule has 0 aliphatic carbocycles. The number of esters is 4. The molecule has 0 aromatic rings. The van der Waals surface area contributed by atoms with Crippen LogP contribution in [0.4, 0.5) is 0 Å². The van der Waals surface area contributed by atoms with Gasteiger partial charge in [0.15, 0.2) is 12.2 Å². The highest BCUT2D eigenvalue weighted by molar-refractivity contribution is 7.47. The molecule has 0 bridgehead atoms. The lowest BCUT2D eigenvalue weighted by Crippen LogP contribution is -2.30. The van der Waals surface area contributed by atoms with Crippen LogP contribution in [-0.2, 0) is 65.4 Å². The molecule has 0 saturated heterocycles. The Hall–Kier alpha value is -1.94. The van der Waals surface area contributed by atoms with Crippen molar-refractivity contribution in [1.29, 1.82) is 0 Å². The van der Waals surface area contributed by atoms with Gasteiger partial charge in [-0.25, -0.2) is 9.13 Å². The molecule has 0 aromatic heterocycles. The summed E-state index contributed by atoms with van der Waals surface area (Å²) in [5, 5.41) is 10.6. The van der Waals surface area contributed by atoms with E-state index >= 15 is 0 Å². The molecule has 0 amide bonds. The second kappa shape index (κ2) is 74.2. The highest BCUT2D eigenvalue weighted by atomic mass is 31.2. The fourth-order valence-electron chi connectivity index (χ4n) is 13.0. The van der Waals surface area contributed by atoms with Crippen LogP contribution in [0, 0.1) is 17.8 Å². The van der Waals surface area contributed by atoms with E-state index < -0.39 is 97.5 Å². The molecule has 2 unspecified atom stereocenters. The van der Waals surface area contributed by atoms with Crippen LogP contribution in [-0.4, -0.2) is 96.7 Å². The van der Waals surface area contributed by atoms with Gasteiger partial charge in [0.05, 0.1) is 26.4 Å². The minimum Gasteiger partial charge on any atom is -0.462 e. The molecule has 0 saturated carbocycles. The molecule has 0 spiro atoms. The maximum Gasteiger partial charge on any atom is 0.472 e. The maximum atomic E-state index is 13.1. The van der Waals surface area contributed by atoms with Gasteiger partial charge in [-0.2, -0.15) is 0 Å². The molecule has 0 heterocycles. The van der Waals surface area contributed by atoms with Crippen molar-refractivity contribution in [3.05, 3.63) is 0 Å². The lowest BCUT2D eigenvalue weighted by molar-refractivity contribution is -0.161. The normalized spacial score (nSPS) is 13.9. The Morgan fingerprint density at radius 1 is 0.262 bits per heavy atom. The molecule has 0 aliphatic heterocycles. The van der Waals surface area contributed by atoms with E-state index in [1.54, 1.807) is 0 Å². The van der Waals surface area contributed by atoms with Gasteiger partial charge in [0.2, 0.25) is 0 Å². The molecule has 17 nitrogen and oxygen atoms in total. The van der Waals surface area contributed by atoms with Crippen LogP contribution in [0.15, 0.2) is 0 Å². The Kier molecular flexibility index (Phi) is 72.8. The standard InChI is InChI=1S/C84H164O17P2/c1-8-9-10-11-12-44-51-58-65-81(86)94-71-79(100-83(88)68-61-54-47-40-34-28-22-25-31-37-43-50-57-64-77(6)7)73-98-102(90,91)96-69-78(85)70-97-103(92,93)99-74-80(72-95-82(87)66-59-52-45-38-32-26-21-17-19-24-30-36-42-49-56-63-76(4)5)101-84(89)67-60-53-46-39-33-27-20-16-14-13-15-18-23-29-35-41-48-55-62-75(2)3/h75-80,85H,8-74H2,1-7H3,(H,90,91)(H,92,93)/t78-,79+,80+/m0/s1. The first-order chi connectivity index (χ1) is 49.7. The second-order valence-corrected chi connectivity index (χ2v) is 34.6. The summed E-state index contributed by atoms with van der Waals surface area (Å²) in [4.78, 5) is 73.0. The predicted octanol–water partition coefficient (Wildman–Crippen LogP) is 25.3. The van der Waals surface area contributed by atoms with Crippen molar-refractivity contribution in [3.63, 3.8) is 0 Å². The number of aliphatic hydroxyl groups is 1. The Morgan fingerprint density at radius 2 is 0.447 bits per heavy atom. The van der Waals surface area contributed by atoms with Crippen molar-refractivity contribution in [2.24, 2.45) is 17.8 Å². The SMILES string of the molecule is CCCCCCCCCCC(=O)OC[C@H](COP(=O)(O)OC[C@H](O)COP(=O)(O)OC[C@@H](COC(=O)CCCCCCCCCCCCCCCCCC(C)C)OC(=O)CCCCCCCCCCCCCCCCCCCCC(C)C)OC(=O)CCCCCCCCCCCCCCCC(C)C. The van der Waals surface area contributed by atoms with Crippen LogP contribution in [0.25, 0.3) is 0 Å². The van der Waals surface area contributed by atoms with E-state index in [1.165, 1.54) is 244 Å². The van der Waals surface area contributed by atoms with Gasteiger partial charge in [-0.05, 0) is 43.4 Å². The Bertz CT molecular complexity index is 1990. The topological polar surface area (TPSA) is 237 Å². The van der Waals surface area contributed by atoms with Crippen molar-refractivity contribution in [2.45, 2.75) is 458 Å². The molecule has 103 heavy (non-hydrogen) atoms. The number of phosphoric ester groups is 2. The van der Waals surface area contributed by atoms with Gasteiger partial charge in [0.1, 0.15) is 19.3 Å². The minimum absolute atomic E-state index is 0.107. The quantitative estimate of drug-likeness (QED) is 0.0222. The third-order valence-corrected chi connectivity index (χ3v) is 21.5. The summed E-state index contributed by atoms with van der Waals surface area (Å²) in [6.07, 6.45) is 63.9. The molecular formula is C84H164O17P2. The first-order valence-corrected chi connectivity index (χ1v) is 46.3. The predicted molar refractivity (Wildman–Crippen MR) is 423 cm³/mol. The third kappa shape index (κ3) is 78.0. The van der Waals surface area contributed by atoms with E-state index in [1.807, 2.05) is 0 Å². The summed E-state index contributed by atoms with van der Waals surface area (Å²) in [6.45, 7) is 12.0. The van der Waals surface area contributed by atoms with Gasteiger partial charge in [0, 0.05) is 25.7 Å². The highest BCUT2D eigenvalue weighted by Gasteiger charge is 2.30. The summed E-state index contributed by atoms with van der Waals surface area (Å²) in [7, 11) is -9.92. The zero-order valence-corrected chi connectivity index (χ0v) is 69.6. The second-order valence-electron chi connectivity index (χ2n) is 31.6. The first kappa shape index (κ1) is 101. The number of unbranched alkanes of at least 4 members (excludes halogenated alkanes) is 50. The Labute approximate surface area is 632 Å². The maximum absolute atomic E-state index is 13.1. The number of hydrogen-bond acceptors (Lipinski definition) is 15. The average Bonchev–Trinajstić information content (AvgIpc) is 0.926. The molecule has 0 rings (SSSR count). The lowest BCUT2D eigenvalue weighted by atomic mass is 10.0. The summed E-state index contributed by atoms with van der Waals surface area (Å²) in [5.74, 6) is 0.304. The van der Waals surface area contributed by atoms with E-state index in [9.17, 15) is 43.2 Å². The van der Waals surface area contributed by atoms with Gasteiger partial charge in [-0.3, -0.25) is 37.3 Å². The van der Waals surface area contributed by atoms with Gasteiger partial charge in [0.25, 0.3) is 0 Å². The molecule has 0 radical (unpaired) electrons. The summed E-state index contributed by atoms with van der Waals surface area (Å²) >= 11 is 0. The van der Waals surface area contributed by atoms with E-state index in [-0.39, 0.29) is 25.7 Å². The van der Waals surface area contributed by atoms with Crippen LogP contribution in [0.3, 0.4) is 0 Å². The van der Waals surface area contributed by atoms with Gasteiger partial charge >= 0.3 is 39.5 Å². The molecule has 0 fully saturated rings. The largest absolute Gasteiger partial charge is 0.472 e. The fraction of sp³-hybridized carbons (Fsp3) is 0.952. The summed E-state index contributed by atoms with van der Waals surface area (Å²) < 4.78 is 68.7. The van der Waals surface area contributed by atoms with Gasteiger partial charge in [-0.1, -0.05) is 389 Å². The molecule has 612 valence electrons. The van der Waals surface area contributed by atoms with Crippen LogP contribution in [0.1, 0.15) is 440 Å². The van der Waals surface area contributed by atoms with E-state index in [0.29, 0.717) is 25.7 Å². The van der Waals surface area contributed by atoms with Gasteiger partial charge in [-0.15, -0.1) is 0 Å². The number of carbonyl (C=O) groups excluding carboxylic acids is 4. The minimum atomic E-state index is -4.96. The fourth-order valence-corrected chi connectivity index (χ4v) is 14.6.